The highest BCUT2D eigenvalue weighted by Crippen LogP contribution is 2.33. The minimum atomic E-state index is 0.515. The molecule has 2 unspecified atom stereocenters. The fourth-order valence-corrected chi connectivity index (χ4v) is 2.36. The van der Waals surface area contributed by atoms with Crippen molar-refractivity contribution in [2.75, 3.05) is 12.4 Å². The lowest BCUT2D eigenvalue weighted by molar-refractivity contribution is 0.399. The van der Waals surface area contributed by atoms with Crippen LogP contribution in [-0.2, 0) is 6.42 Å². The predicted molar refractivity (Wildman–Crippen MR) is 73.7 cm³/mol. The highest BCUT2D eigenvalue weighted by Gasteiger charge is 2.17. The van der Waals surface area contributed by atoms with E-state index in [1.165, 1.54) is 11.1 Å². The zero-order chi connectivity index (χ0) is 12.1. The highest BCUT2D eigenvalue weighted by atomic mass is 79.9. The molecule has 1 aromatic rings. The molecule has 0 aliphatic rings. The van der Waals surface area contributed by atoms with E-state index in [0.29, 0.717) is 11.8 Å². The summed E-state index contributed by atoms with van der Waals surface area (Å²) in [5.74, 6) is 2.14. The number of rotatable bonds is 5. The van der Waals surface area contributed by atoms with Gasteiger partial charge in [-0.2, -0.15) is 0 Å². The van der Waals surface area contributed by atoms with Crippen molar-refractivity contribution in [1.82, 2.24) is 0 Å². The molecular formula is C14H21BrO. The summed E-state index contributed by atoms with van der Waals surface area (Å²) in [4.78, 5) is 0. The lowest BCUT2D eigenvalue weighted by Gasteiger charge is -2.21. The molecule has 0 heterocycles. The van der Waals surface area contributed by atoms with E-state index in [-0.39, 0.29) is 0 Å². The number of methoxy groups -OCH3 is 1. The molecule has 1 nitrogen and oxygen atoms in total. The first-order valence-corrected chi connectivity index (χ1v) is 6.98. The monoisotopic (exact) mass is 284 g/mol. The lowest BCUT2D eigenvalue weighted by atomic mass is 9.88. The molecule has 1 rings (SSSR count). The van der Waals surface area contributed by atoms with Crippen LogP contribution in [0.25, 0.3) is 0 Å². The Morgan fingerprint density at radius 2 is 2.00 bits per heavy atom. The average Bonchev–Trinajstić information content (AvgIpc) is 2.35. The smallest absolute Gasteiger partial charge is 0.122 e. The molecule has 0 spiro atoms. The molecule has 90 valence electrons. The van der Waals surface area contributed by atoms with E-state index in [9.17, 15) is 0 Å². The van der Waals surface area contributed by atoms with Gasteiger partial charge < -0.3 is 4.74 Å². The molecule has 16 heavy (non-hydrogen) atoms. The van der Waals surface area contributed by atoms with E-state index in [0.717, 1.165) is 17.5 Å². The van der Waals surface area contributed by atoms with Crippen LogP contribution in [0.4, 0.5) is 0 Å². The summed E-state index contributed by atoms with van der Waals surface area (Å²) in [6.45, 7) is 6.71. The van der Waals surface area contributed by atoms with E-state index in [2.05, 4.69) is 54.9 Å². The van der Waals surface area contributed by atoms with Gasteiger partial charge in [0, 0.05) is 5.33 Å². The third-order valence-corrected chi connectivity index (χ3v) is 4.31. The van der Waals surface area contributed by atoms with Gasteiger partial charge in [-0.3, -0.25) is 0 Å². The number of benzene rings is 1. The second kappa shape index (κ2) is 6.29. The fourth-order valence-electron chi connectivity index (χ4n) is 1.80. The Morgan fingerprint density at radius 3 is 2.50 bits per heavy atom. The number of aryl methyl sites for hydroxylation is 1. The van der Waals surface area contributed by atoms with Gasteiger partial charge >= 0.3 is 0 Å². The standard InChI is InChI=1S/C14H21BrO/c1-5-12-6-7-14(16-4)13(8-12)11(3)10(2)9-15/h6-8,10-11H,5,9H2,1-4H3. The predicted octanol–water partition coefficient (Wildman–Crippen LogP) is 4.39. The summed E-state index contributed by atoms with van der Waals surface area (Å²) >= 11 is 3.55. The minimum Gasteiger partial charge on any atom is -0.496 e. The summed E-state index contributed by atoms with van der Waals surface area (Å²) in [5, 5.41) is 1.02. The van der Waals surface area contributed by atoms with Crippen LogP contribution in [0.1, 0.15) is 37.8 Å². The van der Waals surface area contributed by atoms with Gasteiger partial charge in [0.05, 0.1) is 7.11 Å². The van der Waals surface area contributed by atoms with Gasteiger partial charge in [-0.05, 0) is 35.4 Å². The van der Waals surface area contributed by atoms with E-state index < -0.39 is 0 Å². The first kappa shape index (κ1) is 13.6. The molecule has 0 saturated heterocycles. The van der Waals surface area contributed by atoms with Crippen molar-refractivity contribution in [3.63, 3.8) is 0 Å². The van der Waals surface area contributed by atoms with Crippen LogP contribution in [0.2, 0.25) is 0 Å². The average molecular weight is 285 g/mol. The van der Waals surface area contributed by atoms with Crippen LogP contribution >= 0.6 is 15.9 Å². The number of hydrogen-bond donors (Lipinski definition) is 0. The molecular weight excluding hydrogens is 264 g/mol. The minimum absolute atomic E-state index is 0.515. The molecule has 0 aromatic heterocycles. The maximum atomic E-state index is 5.45. The zero-order valence-electron chi connectivity index (χ0n) is 10.6. The molecule has 0 fully saturated rings. The summed E-state index contributed by atoms with van der Waals surface area (Å²) in [6, 6.07) is 6.52. The summed E-state index contributed by atoms with van der Waals surface area (Å²) < 4.78 is 5.45. The van der Waals surface area contributed by atoms with Crippen LogP contribution in [0.5, 0.6) is 5.75 Å². The first-order chi connectivity index (χ1) is 7.63. The Labute approximate surface area is 107 Å². The molecule has 0 radical (unpaired) electrons. The van der Waals surface area contributed by atoms with Crippen LogP contribution < -0.4 is 4.74 Å². The SMILES string of the molecule is CCc1ccc(OC)c(C(C)C(C)CBr)c1. The van der Waals surface area contributed by atoms with Crippen LogP contribution in [0.15, 0.2) is 18.2 Å². The molecule has 2 atom stereocenters. The molecule has 0 amide bonds. The molecule has 0 aliphatic carbocycles. The van der Waals surface area contributed by atoms with Gasteiger partial charge in [0.2, 0.25) is 0 Å². The van der Waals surface area contributed by atoms with Gasteiger partial charge in [-0.25, -0.2) is 0 Å². The van der Waals surface area contributed by atoms with Crippen molar-refractivity contribution in [1.29, 1.82) is 0 Å². The molecule has 0 bridgehead atoms. The topological polar surface area (TPSA) is 9.23 Å². The lowest BCUT2D eigenvalue weighted by Crippen LogP contribution is -2.09. The number of halogens is 1. The third kappa shape index (κ3) is 3.00. The second-order valence-electron chi connectivity index (χ2n) is 4.35. The summed E-state index contributed by atoms with van der Waals surface area (Å²) in [6.07, 6.45) is 1.08. The maximum Gasteiger partial charge on any atom is 0.122 e. The van der Waals surface area contributed by atoms with Crippen LogP contribution in [-0.4, -0.2) is 12.4 Å². The quantitative estimate of drug-likeness (QED) is 0.729. The van der Waals surface area contributed by atoms with E-state index >= 15 is 0 Å². The third-order valence-electron chi connectivity index (χ3n) is 3.29. The number of hydrogen-bond acceptors (Lipinski definition) is 1. The maximum absolute atomic E-state index is 5.45. The largest absolute Gasteiger partial charge is 0.496 e. The van der Waals surface area contributed by atoms with E-state index in [1.807, 2.05) is 0 Å². The van der Waals surface area contributed by atoms with E-state index in [1.54, 1.807) is 7.11 Å². The fraction of sp³-hybridized carbons (Fsp3) is 0.571. The van der Waals surface area contributed by atoms with Crippen molar-refractivity contribution in [2.45, 2.75) is 33.1 Å². The van der Waals surface area contributed by atoms with Crippen molar-refractivity contribution in [3.05, 3.63) is 29.3 Å². The Balaban J connectivity index is 3.07. The Kier molecular flexibility index (Phi) is 5.33. The Bertz CT molecular complexity index is 336. The molecule has 1 aromatic carbocycles. The Morgan fingerprint density at radius 1 is 1.31 bits per heavy atom. The zero-order valence-corrected chi connectivity index (χ0v) is 12.2. The second-order valence-corrected chi connectivity index (χ2v) is 5.00. The Hall–Kier alpha value is -0.500. The molecule has 0 N–H and O–H groups in total. The molecule has 0 aliphatic heterocycles. The first-order valence-electron chi connectivity index (χ1n) is 5.86. The van der Waals surface area contributed by atoms with Gasteiger partial charge in [-0.1, -0.05) is 48.8 Å². The highest BCUT2D eigenvalue weighted by molar-refractivity contribution is 9.09. The van der Waals surface area contributed by atoms with E-state index in [4.69, 9.17) is 4.74 Å². The molecule has 0 saturated carbocycles. The van der Waals surface area contributed by atoms with Crippen molar-refractivity contribution >= 4 is 15.9 Å². The van der Waals surface area contributed by atoms with Crippen molar-refractivity contribution in [3.8, 4) is 5.75 Å². The van der Waals surface area contributed by atoms with Gasteiger partial charge in [0.1, 0.15) is 5.75 Å². The number of ether oxygens (including phenoxy) is 1. The van der Waals surface area contributed by atoms with Crippen molar-refractivity contribution in [2.24, 2.45) is 5.92 Å². The van der Waals surface area contributed by atoms with Gasteiger partial charge in [-0.15, -0.1) is 0 Å². The van der Waals surface area contributed by atoms with Crippen LogP contribution in [0.3, 0.4) is 0 Å². The summed E-state index contributed by atoms with van der Waals surface area (Å²) in [5.41, 5.74) is 2.71. The number of alkyl halides is 1. The van der Waals surface area contributed by atoms with Gasteiger partial charge in [0.25, 0.3) is 0 Å². The van der Waals surface area contributed by atoms with Gasteiger partial charge in [0.15, 0.2) is 0 Å². The van der Waals surface area contributed by atoms with Crippen molar-refractivity contribution < 1.29 is 4.74 Å². The summed E-state index contributed by atoms with van der Waals surface area (Å²) in [7, 11) is 1.75. The normalized spacial score (nSPS) is 14.6. The molecule has 2 heteroatoms. The van der Waals surface area contributed by atoms with Crippen LogP contribution in [0, 0.1) is 5.92 Å².